The predicted octanol–water partition coefficient (Wildman–Crippen LogP) is 1.04. The highest BCUT2D eigenvalue weighted by molar-refractivity contribution is 4.95. The minimum absolute atomic E-state index is 0.317. The number of aliphatic hydroxyl groups excluding tert-OH is 1. The predicted molar refractivity (Wildman–Crippen MR) is 82.9 cm³/mol. The second-order valence-corrected chi connectivity index (χ2v) is 6.53. The first-order valence-corrected chi connectivity index (χ1v) is 8.35. The van der Waals surface area contributed by atoms with Crippen LogP contribution in [0.4, 0.5) is 0 Å². The Labute approximate surface area is 127 Å². The average molecular weight is 292 g/mol. The zero-order valence-corrected chi connectivity index (χ0v) is 13.1. The molecule has 3 rings (SSSR count). The molecule has 1 aromatic heterocycles. The summed E-state index contributed by atoms with van der Waals surface area (Å²) in [5.74, 6) is 2.18. The molecule has 0 amide bonds. The van der Waals surface area contributed by atoms with Gasteiger partial charge in [-0.3, -0.25) is 4.90 Å². The lowest BCUT2D eigenvalue weighted by molar-refractivity contribution is 0.175. The van der Waals surface area contributed by atoms with Crippen LogP contribution in [0.15, 0.2) is 12.4 Å². The van der Waals surface area contributed by atoms with Crippen LogP contribution in [0.25, 0.3) is 0 Å². The number of nitrogens with zero attached hydrogens (tertiary/aromatic N) is 4. The average Bonchev–Trinajstić information content (AvgIpc) is 3.21. The van der Waals surface area contributed by atoms with E-state index in [-0.39, 0.29) is 0 Å². The van der Waals surface area contributed by atoms with Gasteiger partial charge in [0.2, 0.25) is 0 Å². The molecule has 5 heteroatoms. The second-order valence-electron chi connectivity index (χ2n) is 6.53. The lowest BCUT2D eigenvalue weighted by Crippen LogP contribution is -2.32. The molecule has 0 aliphatic carbocycles. The topological polar surface area (TPSA) is 44.5 Å². The van der Waals surface area contributed by atoms with Gasteiger partial charge in [0, 0.05) is 45.2 Å². The first-order chi connectivity index (χ1) is 10.3. The minimum atomic E-state index is 0.317. The molecule has 2 atom stereocenters. The van der Waals surface area contributed by atoms with Crippen LogP contribution in [0.5, 0.6) is 0 Å². The monoisotopic (exact) mass is 292 g/mol. The molecule has 21 heavy (non-hydrogen) atoms. The second kappa shape index (κ2) is 6.90. The molecule has 0 radical (unpaired) electrons. The van der Waals surface area contributed by atoms with E-state index in [0.29, 0.717) is 18.4 Å². The first kappa shape index (κ1) is 15.0. The number of aromatic nitrogens is 2. The molecule has 1 aromatic rings. The Morgan fingerprint density at radius 1 is 1.19 bits per heavy atom. The van der Waals surface area contributed by atoms with E-state index < -0.39 is 0 Å². The third-order valence-electron chi connectivity index (χ3n) is 5.09. The lowest BCUT2D eigenvalue weighted by atomic mass is 9.96. The molecule has 0 bridgehead atoms. The molecule has 0 saturated carbocycles. The highest BCUT2D eigenvalue weighted by Crippen LogP contribution is 2.26. The molecule has 0 unspecified atom stereocenters. The van der Waals surface area contributed by atoms with E-state index in [2.05, 4.69) is 32.5 Å². The van der Waals surface area contributed by atoms with E-state index in [4.69, 9.17) is 0 Å². The molecule has 3 heterocycles. The van der Waals surface area contributed by atoms with Gasteiger partial charge in [-0.05, 0) is 44.7 Å². The Morgan fingerprint density at radius 3 is 2.67 bits per heavy atom. The van der Waals surface area contributed by atoms with Crippen molar-refractivity contribution in [1.29, 1.82) is 0 Å². The minimum Gasteiger partial charge on any atom is -0.396 e. The number of aryl methyl sites for hydroxylation is 1. The van der Waals surface area contributed by atoms with Crippen molar-refractivity contribution in [3.8, 4) is 0 Å². The molecule has 118 valence electrons. The van der Waals surface area contributed by atoms with Crippen molar-refractivity contribution >= 4 is 0 Å². The highest BCUT2D eigenvalue weighted by atomic mass is 16.3. The Hall–Kier alpha value is -0.910. The van der Waals surface area contributed by atoms with Gasteiger partial charge >= 0.3 is 0 Å². The Bertz CT molecular complexity index is 441. The summed E-state index contributed by atoms with van der Waals surface area (Å²) in [4.78, 5) is 9.52. The summed E-state index contributed by atoms with van der Waals surface area (Å²) in [7, 11) is 0. The number of rotatable bonds is 6. The largest absolute Gasteiger partial charge is 0.396 e. The third kappa shape index (κ3) is 3.47. The van der Waals surface area contributed by atoms with Crippen molar-refractivity contribution < 1.29 is 5.11 Å². The molecule has 1 N–H and O–H groups in total. The molecular weight excluding hydrogens is 264 g/mol. The normalized spacial score (nSPS) is 27.7. The molecular formula is C16H28N4O. The molecule has 5 nitrogen and oxygen atoms in total. The summed E-state index contributed by atoms with van der Waals surface area (Å²) in [6.45, 7) is 10.1. The van der Waals surface area contributed by atoms with Crippen molar-refractivity contribution in [2.75, 3.05) is 39.3 Å². The van der Waals surface area contributed by atoms with Crippen molar-refractivity contribution in [2.24, 2.45) is 11.8 Å². The summed E-state index contributed by atoms with van der Waals surface area (Å²) < 4.78 is 2.21. The van der Waals surface area contributed by atoms with Gasteiger partial charge < -0.3 is 14.6 Å². The van der Waals surface area contributed by atoms with E-state index in [9.17, 15) is 5.11 Å². The van der Waals surface area contributed by atoms with Crippen molar-refractivity contribution in [3.05, 3.63) is 18.2 Å². The Kier molecular flexibility index (Phi) is 4.93. The summed E-state index contributed by atoms with van der Waals surface area (Å²) in [6.07, 6.45) is 6.62. The van der Waals surface area contributed by atoms with Crippen molar-refractivity contribution in [1.82, 2.24) is 19.4 Å². The number of imidazole rings is 1. The van der Waals surface area contributed by atoms with E-state index >= 15 is 0 Å². The van der Waals surface area contributed by atoms with E-state index in [1.807, 2.05) is 6.20 Å². The zero-order valence-electron chi connectivity index (χ0n) is 13.1. The molecule has 2 aliphatic rings. The van der Waals surface area contributed by atoms with E-state index in [1.54, 1.807) is 0 Å². The van der Waals surface area contributed by atoms with Crippen LogP contribution in [0.2, 0.25) is 0 Å². The third-order valence-corrected chi connectivity index (χ3v) is 5.09. The number of aliphatic hydroxyl groups is 1. The molecule has 2 saturated heterocycles. The van der Waals surface area contributed by atoms with Crippen molar-refractivity contribution in [3.63, 3.8) is 0 Å². The zero-order chi connectivity index (χ0) is 14.7. The van der Waals surface area contributed by atoms with Gasteiger partial charge in [-0.2, -0.15) is 0 Å². The smallest absolute Gasteiger partial charge is 0.122 e. The maximum atomic E-state index is 9.69. The quantitative estimate of drug-likeness (QED) is 0.851. The summed E-state index contributed by atoms with van der Waals surface area (Å²) >= 11 is 0. The standard InChI is InChI=1S/C16H28N4O/c1-2-20-8-5-17-16(20)12-19-10-14(15(11-19)13-21)9-18-6-3-4-7-18/h5,8,14-15,21H,2-4,6-7,9-13H2,1H3/t14-,15-/m1/s1. The highest BCUT2D eigenvalue weighted by Gasteiger charge is 2.34. The van der Waals surface area contributed by atoms with Gasteiger partial charge in [0.05, 0.1) is 6.54 Å². The Balaban J connectivity index is 1.58. The molecule has 2 aliphatic heterocycles. The van der Waals surface area contributed by atoms with E-state index in [0.717, 1.165) is 38.5 Å². The van der Waals surface area contributed by atoms with Gasteiger partial charge in [-0.15, -0.1) is 0 Å². The Morgan fingerprint density at radius 2 is 1.95 bits per heavy atom. The molecule has 0 spiro atoms. The fraction of sp³-hybridized carbons (Fsp3) is 0.812. The SMILES string of the molecule is CCn1ccnc1CN1C[C@@H](CN2CCCC2)[C@@H](CO)C1. The maximum absolute atomic E-state index is 9.69. The number of likely N-dealkylation sites (tertiary alicyclic amines) is 2. The summed E-state index contributed by atoms with van der Waals surface area (Å²) in [5.41, 5.74) is 0. The maximum Gasteiger partial charge on any atom is 0.122 e. The van der Waals surface area contributed by atoms with Gasteiger partial charge in [-0.25, -0.2) is 4.98 Å². The number of hydrogen-bond acceptors (Lipinski definition) is 4. The van der Waals surface area contributed by atoms with Crippen LogP contribution in [0.3, 0.4) is 0 Å². The summed E-state index contributed by atoms with van der Waals surface area (Å²) in [6, 6.07) is 0. The van der Waals surface area contributed by atoms with Gasteiger partial charge in [0.1, 0.15) is 5.82 Å². The lowest BCUT2D eigenvalue weighted by Gasteiger charge is -2.23. The van der Waals surface area contributed by atoms with Gasteiger partial charge in [0.15, 0.2) is 0 Å². The fourth-order valence-corrected chi connectivity index (χ4v) is 3.86. The number of hydrogen-bond donors (Lipinski definition) is 1. The molecule has 2 fully saturated rings. The molecule has 0 aromatic carbocycles. The van der Waals surface area contributed by atoms with Crippen LogP contribution >= 0.6 is 0 Å². The van der Waals surface area contributed by atoms with Crippen LogP contribution in [-0.2, 0) is 13.1 Å². The van der Waals surface area contributed by atoms with Crippen molar-refractivity contribution in [2.45, 2.75) is 32.9 Å². The van der Waals surface area contributed by atoms with Gasteiger partial charge in [-0.1, -0.05) is 0 Å². The van der Waals surface area contributed by atoms with E-state index in [1.165, 1.54) is 25.9 Å². The first-order valence-electron chi connectivity index (χ1n) is 8.35. The van der Waals surface area contributed by atoms with Gasteiger partial charge in [0.25, 0.3) is 0 Å². The fourth-order valence-electron chi connectivity index (χ4n) is 3.86. The van der Waals surface area contributed by atoms with Crippen LogP contribution < -0.4 is 0 Å². The van der Waals surface area contributed by atoms with Crippen LogP contribution in [0, 0.1) is 11.8 Å². The summed E-state index contributed by atoms with van der Waals surface area (Å²) in [5, 5.41) is 9.69. The van der Waals surface area contributed by atoms with Crippen LogP contribution in [0.1, 0.15) is 25.6 Å². The van der Waals surface area contributed by atoms with Crippen LogP contribution in [-0.4, -0.2) is 63.8 Å².